The lowest BCUT2D eigenvalue weighted by Gasteiger charge is -2.08. The quantitative estimate of drug-likeness (QED) is 0.445. The molecule has 0 atom stereocenters. The number of benzene rings is 3. The second-order valence-corrected chi connectivity index (χ2v) is 6.67. The van der Waals surface area contributed by atoms with Gasteiger partial charge in [0.1, 0.15) is 11.5 Å². The predicted octanol–water partition coefficient (Wildman–Crippen LogP) is 5.09. The van der Waals surface area contributed by atoms with Crippen LogP contribution in [0.2, 0.25) is 0 Å². The second-order valence-electron chi connectivity index (χ2n) is 6.67. The zero-order valence-electron chi connectivity index (χ0n) is 16.9. The van der Waals surface area contributed by atoms with Crippen molar-refractivity contribution in [2.45, 2.75) is 6.92 Å². The molecule has 150 valence electrons. The molecule has 0 aromatic heterocycles. The van der Waals surface area contributed by atoms with Crippen molar-refractivity contribution < 1.29 is 14.3 Å². The van der Waals surface area contributed by atoms with Crippen LogP contribution < -0.4 is 14.8 Å². The second kappa shape index (κ2) is 9.94. The molecule has 0 saturated heterocycles. The number of ether oxygens (including phenoxy) is 2. The summed E-state index contributed by atoms with van der Waals surface area (Å²) in [6, 6.07) is 24.4. The maximum Gasteiger partial charge on any atom is 0.262 e. The van der Waals surface area contributed by atoms with E-state index in [-0.39, 0.29) is 12.5 Å². The molecule has 1 amide bonds. The van der Waals surface area contributed by atoms with Gasteiger partial charge in [-0.25, -0.2) is 0 Å². The number of carbonyl (C=O) groups excluding carboxylic acids is 1. The lowest BCUT2D eigenvalue weighted by molar-refractivity contribution is -0.118. The Bertz CT molecular complexity index is 1080. The Morgan fingerprint density at radius 1 is 1.03 bits per heavy atom. The monoisotopic (exact) mass is 398 g/mol. The summed E-state index contributed by atoms with van der Waals surface area (Å²) in [5.74, 6) is 1.09. The van der Waals surface area contributed by atoms with E-state index in [9.17, 15) is 10.1 Å². The minimum atomic E-state index is -0.226. The molecular formula is C25H22N2O3. The summed E-state index contributed by atoms with van der Waals surface area (Å²) >= 11 is 0. The van der Waals surface area contributed by atoms with Crippen LogP contribution >= 0.6 is 0 Å². The topological polar surface area (TPSA) is 71.3 Å². The average molecular weight is 398 g/mol. The Hall–Kier alpha value is -4.04. The third-order valence-electron chi connectivity index (χ3n) is 4.38. The molecule has 5 heteroatoms. The van der Waals surface area contributed by atoms with E-state index in [0.29, 0.717) is 11.3 Å². The van der Waals surface area contributed by atoms with Gasteiger partial charge in [-0.3, -0.25) is 4.79 Å². The Labute approximate surface area is 176 Å². The van der Waals surface area contributed by atoms with E-state index in [4.69, 9.17) is 9.47 Å². The van der Waals surface area contributed by atoms with E-state index in [2.05, 4.69) is 11.4 Å². The van der Waals surface area contributed by atoms with Crippen molar-refractivity contribution >= 4 is 23.2 Å². The van der Waals surface area contributed by atoms with Crippen molar-refractivity contribution in [2.75, 3.05) is 19.0 Å². The van der Waals surface area contributed by atoms with E-state index in [1.165, 1.54) is 0 Å². The highest BCUT2D eigenvalue weighted by Gasteiger charge is 2.05. The maximum absolute atomic E-state index is 12.1. The van der Waals surface area contributed by atoms with E-state index in [1.54, 1.807) is 25.3 Å². The molecule has 0 radical (unpaired) electrons. The van der Waals surface area contributed by atoms with Crippen molar-refractivity contribution in [2.24, 2.45) is 0 Å². The van der Waals surface area contributed by atoms with Crippen molar-refractivity contribution in [1.29, 1.82) is 5.26 Å². The Balaban J connectivity index is 1.60. The SMILES string of the molecule is COc1ccc(/C(C#N)=C/c2ccc(OCC(=O)Nc3cccc(C)c3)cc2)cc1. The number of nitrogens with zero attached hydrogens (tertiary/aromatic N) is 1. The van der Waals surface area contributed by atoms with Gasteiger partial charge in [0.25, 0.3) is 5.91 Å². The molecule has 3 aromatic rings. The zero-order chi connectivity index (χ0) is 21.3. The van der Waals surface area contributed by atoms with Gasteiger partial charge in [-0.15, -0.1) is 0 Å². The summed E-state index contributed by atoms with van der Waals surface area (Å²) in [7, 11) is 1.60. The van der Waals surface area contributed by atoms with Gasteiger partial charge in [-0.05, 0) is 78.2 Å². The minimum Gasteiger partial charge on any atom is -0.497 e. The first-order valence-corrected chi connectivity index (χ1v) is 9.43. The molecular weight excluding hydrogens is 376 g/mol. The van der Waals surface area contributed by atoms with Gasteiger partial charge in [-0.1, -0.05) is 24.3 Å². The van der Waals surface area contributed by atoms with E-state index in [1.807, 2.05) is 67.6 Å². The lowest BCUT2D eigenvalue weighted by Crippen LogP contribution is -2.20. The fourth-order valence-electron chi connectivity index (χ4n) is 2.85. The Kier molecular flexibility index (Phi) is 6.86. The van der Waals surface area contributed by atoms with Crippen LogP contribution in [0.15, 0.2) is 72.8 Å². The summed E-state index contributed by atoms with van der Waals surface area (Å²) in [5.41, 5.74) is 4.03. The molecule has 30 heavy (non-hydrogen) atoms. The number of hydrogen-bond acceptors (Lipinski definition) is 4. The third kappa shape index (κ3) is 5.73. The lowest BCUT2D eigenvalue weighted by atomic mass is 10.0. The summed E-state index contributed by atoms with van der Waals surface area (Å²) in [6.45, 7) is 1.88. The van der Waals surface area contributed by atoms with Crippen LogP contribution in [0, 0.1) is 18.3 Å². The number of amides is 1. The molecule has 0 heterocycles. The Morgan fingerprint density at radius 3 is 2.37 bits per heavy atom. The molecule has 1 N–H and O–H groups in total. The molecule has 0 saturated carbocycles. The van der Waals surface area contributed by atoms with Gasteiger partial charge in [0.15, 0.2) is 6.61 Å². The molecule has 0 aliphatic heterocycles. The molecule has 0 spiro atoms. The van der Waals surface area contributed by atoms with Gasteiger partial charge in [0.05, 0.1) is 18.8 Å². The van der Waals surface area contributed by atoms with Crippen LogP contribution in [0.25, 0.3) is 11.6 Å². The normalized spacial score (nSPS) is 10.8. The average Bonchev–Trinajstić information content (AvgIpc) is 2.77. The van der Waals surface area contributed by atoms with Gasteiger partial charge in [0.2, 0.25) is 0 Å². The highest BCUT2D eigenvalue weighted by Crippen LogP contribution is 2.22. The smallest absolute Gasteiger partial charge is 0.262 e. The predicted molar refractivity (Wildman–Crippen MR) is 118 cm³/mol. The molecule has 5 nitrogen and oxygen atoms in total. The first kappa shape index (κ1) is 20.7. The van der Waals surface area contributed by atoms with Crippen molar-refractivity contribution in [3.05, 3.63) is 89.5 Å². The van der Waals surface area contributed by atoms with Gasteiger partial charge in [0, 0.05) is 5.69 Å². The molecule has 3 aromatic carbocycles. The number of methoxy groups -OCH3 is 1. The van der Waals surface area contributed by atoms with Crippen LogP contribution in [0.1, 0.15) is 16.7 Å². The maximum atomic E-state index is 12.1. The molecule has 0 unspecified atom stereocenters. The zero-order valence-corrected chi connectivity index (χ0v) is 16.9. The number of anilines is 1. The first-order chi connectivity index (χ1) is 14.6. The van der Waals surface area contributed by atoms with Gasteiger partial charge >= 0.3 is 0 Å². The van der Waals surface area contributed by atoms with Crippen LogP contribution in [-0.2, 0) is 4.79 Å². The number of nitriles is 1. The number of allylic oxidation sites excluding steroid dienone is 1. The minimum absolute atomic E-state index is 0.0849. The molecule has 0 fully saturated rings. The summed E-state index contributed by atoms with van der Waals surface area (Å²) in [6.07, 6.45) is 1.80. The number of hydrogen-bond donors (Lipinski definition) is 1. The van der Waals surface area contributed by atoms with Crippen LogP contribution in [0.4, 0.5) is 5.69 Å². The molecule has 3 rings (SSSR count). The fraction of sp³-hybridized carbons (Fsp3) is 0.120. The number of rotatable bonds is 7. The Morgan fingerprint density at radius 2 is 1.73 bits per heavy atom. The molecule has 0 bridgehead atoms. The largest absolute Gasteiger partial charge is 0.497 e. The van der Waals surface area contributed by atoms with E-state index < -0.39 is 0 Å². The summed E-state index contributed by atoms with van der Waals surface area (Å²) in [5, 5.41) is 12.3. The van der Waals surface area contributed by atoms with Crippen molar-refractivity contribution in [3.63, 3.8) is 0 Å². The van der Waals surface area contributed by atoms with E-state index >= 15 is 0 Å². The third-order valence-corrected chi connectivity index (χ3v) is 4.38. The summed E-state index contributed by atoms with van der Waals surface area (Å²) < 4.78 is 10.7. The van der Waals surface area contributed by atoms with Crippen molar-refractivity contribution in [3.8, 4) is 17.6 Å². The van der Waals surface area contributed by atoms with Gasteiger partial charge < -0.3 is 14.8 Å². The number of nitrogens with one attached hydrogen (secondary N) is 1. The standard InChI is InChI=1S/C25H22N2O3/c1-18-4-3-5-22(14-18)27-25(28)17-30-24-10-6-19(7-11-24)15-21(16-26)20-8-12-23(29-2)13-9-20/h3-15H,17H2,1-2H3,(H,27,28)/b21-15+. The molecule has 0 aliphatic rings. The van der Waals surface area contributed by atoms with Crippen LogP contribution in [-0.4, -0.2) is 19.6 Å². The molecule has 0 aliphatic carbocycles. The van der Waals surface area contributed by atoms with E-state index in [0.717, 1.165) is 28.1 Å². The van der Waals surface area contributed by atoms with Crippen LogP contribution in [0.3, 0.4) is 0 Å². The van der Waals surface area contributed by atoms with Gasteiger partial charge in [-0.2, -0.15) is 5.26 Å². The highest BCUT2D eigenvalue weighted by atomic mass is 16.5. The highest BCUT2D eigenvalue weighted by molar-refractivity contribution is 5.92. The van der Waals surface area contributed by atoms with Crippen molar-refractivity contribution in [1.82, 2.24) is 0 Å². The number of aryl methyl sites for hydroxylation is 1. The first-order valence-electron chi connectivity index (χ1n) is 9.43. The summed E-state index contributed by atoms with van der Waals surface area (Å²) in [4.78, 5) is 12.1. The number of carbonyl (C=O) groups is 1. The van der Waals surface area contributed by atoms with Crippen LogP contribution in [0.5, 0.6) is 11.5 Å². The fourth-order valence-corrected chi connectivity index (χ4v) is 2.85.